The first-order chi connectivity index (χ1) is 13.3. The van der Waals surface area contributed by atoms with Crippen LogP contribution in [0.2, 0.25) is 0 Å². The van der Waals surface area contributed by atoms with Crippen molar-refractivity contribution >= 4 is 40.0 Å². The predicted molar refractivity (Wildman–Crippen MR) is 111 cm³/mol. The molecule has 3 rings (SSSR count). The van der Waals surface area contributed by atoms with Crippen LogP contribution in [0.25, 0.3) is 10.8 Å². The first-order valence-corrected chi connectivity index (χ1v) is 9.38. The molecule has 0 saturated carbocycles. The van der Waals surface area contributed by atoms with Gasteiger partial charge in [-0.2, -0.15) is 0 Å². The summed E-state index contributed by atoms with van der Waals surface area (Å²) < 4.78 is 10.9. The van der Waals surface area contributed by atoms with E-state index < -0.39 is 18.0 Å². The molecular formula is C21H22N2O4S. The second-order valence-electron chi connectivity index (χ2n) is 6.82. The van der Waals surface area contributed by atoms with Crippen LogP contribution < -0.4 is 15.4 Å². The molecule has 1 unspecified atom stereocenters. The van der Waals surface area contributed by atoms with Crippen molar-refractivity contribution in [2.24, 2.45) is 0 Å². The van der Waals surface area contributed by atoms with Crippen molar-refractivity contribution in [2.75, 3.05) is 0 Å². The molecule has 2 N–H and O–H groups in total. The Morgan fingerprint density at radius 2 is 1.86 bits per heavy atom. The second kappa shape index (κ2) is 7.98. The zero-order valence-electron chi connectivity index (χ0n) is 16.2. The number of ether oxygens (including phenoxy) is 2. The molecule has 28 heavy (non-hydrogen) atoms. The first-order valence-electron chi connectivity index (χ1n) is 8.97. The van der Waals surface area contributed by atoms with E-state index in [0.717, 1.165) is 10.8 Å². The topological polar surface area (TPSA) is 76.7 Å². The molecule has 0 radical (unpaired) electrons. The average molecular weight is 398 g/mol. The number of benzene rings is 2. The van der Waals surface area contributed by atoms with Crippen LogP contribution in [0, 0.1) is 0 Å². The van der Waals surface area contributed by atoms with Gasteiger partial charge in [0.2, 0.25) is 0 Å². The maximum absolute atomic E-state index is 12.9. The van der Waals surface area contributed by atoms with Crippen molar-refractivity contribution in [1.29, 1.82) is 0 Å². The molecule has 0 aromatic heterocycles. The number of hydrogen-bond donors (Lipinski definition) is 2. The van der Waals surface area contributed by atoms with Gasteiger partial charge in [0.05, 0.1) is 17.7 Å². The zero-order valence-corrected chi connectivity index (χ0v) is 17.0. The maximum Gasteiger partial charge on any atom is 0.338 e. The van der Waals surface area contributed by atoms with Crippen molar-refractivity contribution in [1.82, 2.24) is 10.6 Å². The summed E-state index contributed by atoms with van der Waals surface area (Å²) in [6.45, 7) is 6.70. The second-order valence-corrected chi connectivity index (χ2v) is 7.22. The monoisotopic (exact) mass is 398 g/mol. The Morgan fingerprint density at radius 1 is 1.14 bits per heavy atom. The predicted octanol–water partition coefficient (Wildman–Crippen LogP) is 3.51. The van der Waals surface area contributed by atoms with Crippen LogP contribution in [0.15, 0.2) is 47.7 Å². The molecule has 0 spiro atoms. The lowest BCUT2D eigenvalue weighted by molar-refractivity contribution is -0.143. The number of thiocarbonyl (C=S) groups is 1. The van der Waals surface area contributed by atoms with E-state index in [1.54, 1.807) is 26.8 Å². The van der Waals surface area contributed by atoms with Gasteiger partial charge in [-0.3, -0.25) is 4.79 Å². The summed E-state index contributed by atoms with van der Waals surface area (Å²) in [7, 11) is 0. The summed E-state index contributed by atoms with van der Waals surface area (Å²) in [5.41, 5.74) is 1.65. The first kappa shape index (κ1) is 19.8. The molecule has 146 valence electrons. The molecule has 0 saturated heterocycles. The molecule has 0 bridgehead atoms. The Hall–Kier alpha value is -2.93. The summed E-state index contributed by atoms with van der Waals surface area (Å²) in [6, 6.07) is 10.7. The number of allylic oxidation sites excluding steroid dienone is 1. The van der Waals surface area contributed by atoms with Crippen LogP contribution in [0.5, 0.6) is 5.75 Å². The fraction of sp³-hybridized carbons (Fsp3) is 0.286. The molecule has 1 aliphatic heterocycles. The highest BCUT2D eigenvalue weighted by Gasteiger charge is 2.34. The fourth-order valence-corrected chi connectivity index (χ4v) is 3.55. The summed E-state index contributed by atoms with van der Waals surface area (Å²) >= 11 is 5.32. The van der Waals surface area contributed by atoms with Gasteiger partial charge in [0.15, 0.2) is 5.11 Å². The molecule has 1 aliphatic rings. The Balaban J connectivity index is 2.25. The standard InChI is InChI=1S/C21H22N2O4S/c1-11(2)26-20(25)17-12(3)22-21(28)23-19(17)18-15-8-6-5-7-14(15)9-10-16(18)27-13(4)24/h5-11,19H,1-4H3,(H2,22,23,28). The van der Waals surface area contributed by atoms with E-state index >= 15 is 0 Å². The van der Waals surface area contributed by atoms with E-state index in [4.69, 9.17) is 21.7 Å². The molecular weight excluding hydrogens is 376 g/mol. The molecule has 1 heterocycles. The fourth-order valence-electron chi connectivity index (χ4n) is 3.28. The van der Waals surface area contributed by atoms with Gasteiger partial charge in [0, 0.05) is 18.2 Å². The van der Waals surface area contributed by atoms with E-state index in [1.165, 1.54) is 6.92 Å². The van der Waals surface area contributed by atoms with Crippen molar-refractivity contribution in [2.45, 2.75) is 39.8 Å². The van der Waals surface area contributed by atoms with Gasteiger partial charge in [0.25, 0.3) is 0 Å². The summed E-state index contributed by atoms with van der Waals surface area (Å²) in [4.78, 5) is 24.6. The number of esters is 2. The quantitative estimate of drug-likeness (QED) is 0.464. The lowest BCUT2D eigenvalue weighted by Gasteiger charge is -2.31. The molecule has 0 aliphatic carbocycles. The van der Waals surface area contributed by atoms with Gasteiger partial charge >= 0.3 is 11.9 Å². The molecule has 2 aromatic carbocycles. The summed E-state index contributed by atoms with van der Waals surface area (Å²) in [5, 5.41) is 8.31. The van der Waals surface area contributed by atoms with E-state index in [9.17, 15) is 9.59 Å². The number of fused-ring (bicyclic) bond motifs is 1. The average Bonchev–Trinajstić information content (AvgIpc) is 2.59. The van der Waals surface area contributed by atoms with Gasteiger partial charge in [-0.1, -0.05) is 30.3 Å². The van der Waals surface area contributed by atoms with Gasteiger partial charge < -0.3 is 20.1 Å². The van der Waals surface area contributed by atoms with E-state index in [2.05, 4.69) is 10.6 Å². The molecule has 6 nitrogen and oxygen atoms in total. The third-order valence-electron chi connectivity index (χ3n) is 4.30. The third kappa shape index (κ3) is 3.99. The summed E-state index contributed by atoms with van der Waals surface area (Å²) in [5.74, 6) is -0.530. The number of hydrogen-bond acceptors (Lipinski definition) is 5. The zero-order chi connectivity index (χ0) is 20.4. The lowest BCUT2D eigenvalue weighted by atomic mass is 9.90. The Morgan fingerprint density at radius 3 is 2.54 bits per heavy atom. The maximum atomic E-state index is 12.9. The number of nitrogens with one attached hydrogen (secondary N) is 2. The minimum atomic E-state index is -0.625. The summed E-state index contributed by atoms with van der Waals surface area (Å²) in [6.07, 6.45) is -0.275. The highest BCUT2D eigenvalue weighted by molar-refractivity contribution is 7.80. The number of carbonyl (C=O) groups excluding carboxylic acids is 2. The molecule has 0 fully saturated rings. The van der Waals surface area contributed by atoms with Gasteiger partial charge in [-0.05, 0) is 49.8 Å². The third-order valence-corrected chi connectivity index (χ3v) is 4.52. The number of carbonyl (C=O) groups is 2. The van der Waals surface area contributed by atoms with E-state index in [0.29, 0.717) is 27.7 Å². The Labute approximate surface area is 168 Å². The van der Waals surface area contributed by atoms with E-state index in [1.807, 2.05) is 30.3 Å². The molecule has 7 heteroatoms. The molecule has 0 amide bonds. The minimum absolute atomic E-state index is 0.275. The van der Waals surface area contributed by atoms with Crippen LogP contribution in [0.4, 0.5) is 0 Å². The largest absolute Gasteiger partial charge is 0.459 e. The SMILES string of the molecule is CC(=O)Oc1ccc2ccccc2c1C1NC(=S)NC(C)=C1C(=O)OC(C)C. The van der Waals surface area contributed by atoms with Gasteiger partial charge in [-0.25, -0.2) is 4.79 Å². The number of rotatable bonds is 4. The molecule has 1 atom stereocenters. The van der Waals surface area contributed by atoms with Gasteiger partial charge in [0.1, 0.15) is 5.75 Å². The molecule has 2 aromatic rings. The normalized spacial score (nSPS) is 16.6. The smallest absolute Gasteiger partial charge is 0.338 e. The van der Waals surface area contributed by atoms with Crippen molar-refractivity contribution in [3.63, 3.8) is 0 Å². The van der Waals surface area contributed by atoms with Crippen LogP contribution in [0.1, 0.15) is 39.3 Å². The van der Waals surface area contributed by atoms with Crippen LogP contribution in [-0.2, 0) is 14.3 Å². The van der Waals surface area contributed by atoms with Crippen molar-refractivity contribution in [3.05, 3.63) is 53.2 Å². The van der Waals surface area contributed by atoms with Crippen LogP contribution >= 0.6 is 12.2 Å². The highest BCUT2D eigenvalue weighted by Crippen LogP contribution is 2.39. The lowest BCUT2D eigenvalue weighted by Crippen LogP contribution is -2.45. The van der Waals surface area contributed by atoms with E-state index in [-0.39, 0.29) is 6.10 Å². The Bertz CT molecular complexity index is 997. The van der Waals surface area contributed by atoms with Crippen molar-refractivity contribution < 1.29 is 19.1 Å². The Kier molecular flexibility index (Phi) is 5.65. The van der Waals surface area contributed by atoms with Crippen LogP contribution in [-0.4, -0.2) is 23.2 Å². The highest BCUT2D eigenvalue weighted by atomic mass is 32.1. The van der Waals surface area contributed by atoms with Gasteiger partial charge in [-0.15, -0.1) is 0 Å². The van der Waals surface area contributed by atoms with Crippen molar-refractivity contribution in [3.8, 4) is 5.75 Å². The minimum Gasteiger partial charge on any atom is -0.459 e. The van der Waals surface area contributed by atoms with Crippen LogP contribution in [0.3, 0.4) is 0 Å².